The Bertz CT molecular complexity index is 494. The first-order valence-electron chi connectivity index (χ1n) is 3.87. The SMILES string of the molecule is COC(=O)c1nnc(-c2sccc2Cl)o1. The van der Waals surface area contributed by atoms with Crippen molar-refractivity contribution in [2.75, 3.05) is 7.11 Å². The van der Waals surface area contributed by atoms with Crippen molar-refractivity contribution in [2.24, 2.45) is 0 Å². The number of rotatable bonds is 2. The van der Waals surface area contributed by atoms with Crippen molar-refractivity contribution < 1.29 is 13.9 Å². The number of aromatic nitrogens is 2. The predicted molar refractivity (Wildman–Crippen MR) is 54.0 cm³/mol. The lowest BCUT2D eigenvalue weighted by molar-refractivity contribution is 0.0557. The molecule has 0 saturated heterocycles. The van der Waals surface area contributed by atoms with Crippen LogP contribution in [-0.4, -0.2) is 23.3 Å². The minimum atomic E-state index is -0.665. The summed E-state index contributed by atoms with van der Waals surface area (Å²) in [4.78, 5) is 11.7. The van der Waals surface area contributed by atoms with Crippen molar-refractivity contribution in [2.45, 2.75) is 0 Å². The number of methoxy groups -OCH3 is 1. The zero-order chi connectivity index (χ0) is 10.8. The predicted octanol–water partition coefficient (Wildman–Crippen LogP) is 2.24. The van der Waals surface area contributed by atoms with Crippen molar-refractivity contribution in [3.05, 3.63) is 22.4 Å². The molecule has 2 heterocycles. The number of carbonyl (C=O) groups is 1. The van der Waals surface area contributed by atoms with Crippen molar-refractivity contribution >= 4 is 28.9 Å². The first-order valence-corrected chi connectivity index (χ1v) is 5.13. The number of esters is 1. The number of halogens is 1. The summed E-state index contributed by atoms with van der Waals surface area (Å²) in [5, 5.41) is 9.54. The Balaban J connectivity index is 2.36. The monoisotopic (exact) mass is 244 g/mol. The van der Waals surface area contributed by atoms with Crippen LogP contribution < -0.4 is 0 Å². The van der Waals surface area contributed by atoms with Crippen LogP contribution in [0.2, 0.25) is 5.02 Å². The lowest BCUT2D eigenvalue weighted by Crippen LogP contribution is -2.00. The van der Waals surface area contributed by atoms with Crippen molar-refractivity contribution in [1.29, 1.82) is 0 Å². The summed E-state index contributed by atoms with van der Waals surface area (Å²) < 4.78 is 9.52. The van der Waals surface area contributed by atoms with E-state index >= 15 is 0 Å². The molecule has 0 fully saturated rings. The Hall–Kier alpha value is -1.40. The Morgan fingerprint density at radius 3 is 3.00 bits per heavy atom. The first-order chi connectivity index (χ1) is 7.22. The van der Waals surface area contributed by atoms with Gasteiger partial charge in [-0.15, -0.1) is 21.5 Å². The quantitative estimate of drug-likeness (QED) is 0.758. The van der Waals surface area contributed by atoms with Crippen LogP contribution in [0.3, 0.4) is 0 Å². The highest BCUT2D eigenvalue weighted by atomic mass is 35.5. The number of thiophene rings is 1. The molecule has 7 heteroatoms. The molecular weight excluding hydrogens is 240 g/mol. The molecule has 0 radical (unpaired) electrons. The maximum absolute atomic E-state index is 11.0. The molecule has 0 atom stereocenters. The maximum atomic E-state index is 11.0. The third-order valence-electron chi connectivity index (χ3n) is 1.60. The zero-order valence-electron chi connectivity index (χ0n) is 7.56. The van der Waals surface area contributed by atoms with Crippen LogP contribution in [0, 0.1) is 0 Å². The van der Waals surface area contributed by atoms with Gasteiger partial charge in [-0.25, -0.2) is 4.79 Å². The van der Waals surface area contributed by atoms with Crippen LogP contribution in [0.25, 0.3) is 10.8 Å². The number of hydrogen-bond acceptors (Lipinski definition) is 6. The van der Waals surface area contributed by atoms with E-state index in [2.05, 4.69) is 14.9 Å². The fraction of sp³-hybridized carbons (Fsp3) is 0.125. The van der Waals surface area contributed by atoms with Gasteiger partial charge < -0.3 is 9.15 Å². The van der Waals surface area contributed by atoms with Crippen LogP contribution in [-0.2, 0) is 4.74 Å². The molecule has 78 valence electrons. The second-order valence-corrected chi connectivity index (χ2v) is 3.82. The minimum Gasteiger partial charge on any atom is -0.462 e. The topological polar surface area (TPSA) is 65.2 Å². The maximum Gasteiger partial charge on any atom is 0.396 e. The number of ether oxygens (including phenoxy) is 1. The molecule has 0 amide bonds. The molecule has 2 rings (SSSR count). The van der Waals surface area contributed by atoms with Crippen LogP contribution in [0.1, 0.15) is 10.7 Å². The van der Waals surface area contributed by atoms with E-state index in [1.54, 1.807) is 11.4 Å². The van der Waals surface area contributed by atoms with E-state index in [0.29, 0.717) is 9.90 Å². The van der Waals surface area contributed by atoms with E-state index in [0.717, 1.165) is 0 Å². The summed E-state index contributed by atoms with van der Waals surface area (Å²) in [7, 11) is 1.24. The highest BCUT2D eigenvalue weighted by Gasteiger charge is 2.18. The van der Waals surface area contributed by atoms with Gasteiger partial charge >= 0.3 is 11.9 Å². The van der Waals surface area contributed by atoms with Crippen molar-refractivity contribution in [3.8, 4) is 10.8 Å². The minimum absolute atomic E-state index is 0.183. The molecule has 0 saturated carbocycles. The van der Waals surface area contributed by atoms with Gasteiger partial charge in [0.15, 0.2) is 0 Å². The molecule has 0 N–H and O–H groups in total. The van der Waals surface area contributed by atoms with Gasteiger partial charge in [0.2, 0.25) is 0 Å². The summed E-state index contributed by atoms with van der Waals surface area (Å²) in [6, 6.07) is 1.71. The Kier molecular flexibility index (Phi) is 2.70. The van der Waals surface area contributed by atoms with E-state index in [1.807, 2.05) is 0 Å². The van der Waals surface area contributed by atoms with Crippen LogP contribution in [0.15, 0.2) is 15.9 Å². The molecule has 0 unspecified atom stereocenters. The van der Waals surface area contributed by atoms with Gasteiger partial charge in [0.1, 0.15) is 4.88 Å². The average Bonchev–Trinajstić information content (AvgIpc) is 2.84. The fourth-order valence-electron chi connectivity index (χ4n) is 0.931. The van der Waals surface area contributed by atoms with E-state index in [9.17, 15) is 4.79 Å². The first kappa shape index (κ1) is 10.1. The number of carbonyl (C=O) groups excluding carboxylic acids is 1. The van der Waals surface area contributed by atoms with Gasteiger partial charge in [0, 0.05) is 0 Å². The molecule has 0 aromatic carbocycles. The van der Waals surface area contributed by atoms with Crippen LogP contribution in [0.5, 0.6) is 0 Å². The summed E-state index contributed by atoms with van der Waals surface area (Å²) in [6.45, 7) is 0. The molecule has 0 spiro atoms. The number of nitrogens with zero attached hydrogens (tertiary/aromatic N) is 2. The molecule has 0 aliphatic rings. The van der Waals surface area contributed by atoms with Gasteiger partial charge in [-0.05, 0) is 11.4 Å². The van der Waals surface area contributed by atoms with Crippen LogP contribution in [0.4, 0.5) is 0 Å². The van der Waals surface area contributed by atoms with Crippen LogP contribution >= 0.6 is 22.9 Å². The van der Waals surface area contributed by atoms with Gasteiger partial charge in [0.25, 0.3) is 5.89 Å². The molecule has 2 aromatic heterocycles. The third-order valence-corrected chi connectivity index (χ3v) is 2.93. The summed E-state index contributed by atoms with van der Waals surface area (Å²) >= 11 is 7.22. The molecule has 0 aliphatic heterocycles. The smallest absolute Gasteiger partial charge is 0.396 e. The lowest BCUT2D eigenvalue weighted by Gasteiger charge is -1.90. The molecule has 5 nitrogen and oxygen atoms in total. The highest BCUT2D eigenvalue weighted by Crippen LogP contribution is 2.31. The summed E-state index contributed by atoms with van der Waals surface area (Å²) in [5.74, 6) is -0.631. The van der Waals surface area contributed by atoms with Gasteiger partial charge in [-0.3, -0.25) is 0 Å². The van der Waals surface area contributed by atoms with E-state index < -0.39 is 5.97 Å². The molecular formula is C8H5ClN2O3S. The second kappa shape index (κ2) is 4.00. The molecule has 0 bridgehead atoms. The molecule has 0 aliphatic carbocycles. The largest absolute Gasteiger partial charge is 0.462 e. The van der Waals surface area contributed by atoms with Gasteiger partial charge in [-0.1, -0.05) is 11.6 Å². The Labute approximate surface area is 93.6 Å². The average molecular weight is 245 g/mol. The van der Waals surface area contributed by atoms with Crippen molar-refractivity contribution in [1.82, 2.24) is 10.2 Å². The second-order valence-electron chi connectivity index (χ2n) is 2.50. The highest BCUT2D eigenvalue weighted by molar-refractivity contribution is 7.14. The van der Waals surface area contributed by atoms with E-state index in [4.69, 9.17) is 16.0 Å². The standard InChI is InChI=1S/C8H5ClN2O3S/c1-13-8(12)7-11-10-6(14-7)5-4(9)2-3-15-5/h2-3H,1H3. The third kappa shape index (κ3) is 1.86. The van der Waals surface area contributed by atoms with Crippen molar-refractivity contribution in [3.63, 3.8) is 0 Å². The zero-order valence-corrected chi connectivity index (χ0v) is 9.13. The van der Waals surface area contributed by atoms with Gasteiger partial charge in [0.05, 0.1) is 12.1 Å². The lowest BCUT2D eigenvalue weighted by atomic mass is 10.5. The Morgan fingerprint density at radius 2 is 2.40 bits per heavy atom. The Morgan fingerprint density at radius 1 is 1.60 bits per heavy atom. The summed E-state index contributed by atoms with van der Waals surface area (Å²) in [6.07, 6.45) is 0. The van der Waals surface area contributed by atoms with E-state index in [-0.39, 0.29) is 11.8 Å². The molecule has 15 heavy (non-hydrogen) atoms. The molecule has 2 aromatic rings. The normalized spacial score (nSPS) is 10.3. The van der Waals surface area contributed by atoms with E-state index in [1.165, 1.54) is 18.4 Å². The fourth-order valence-corrected chi connectivity index (χ4v) is 1.99. The number of hydrogen-bond donors (Lipinski definition) is 0. The summed E-state index contributed by atoms with van der Waals surface area (Å²) in [5.41, 5.74) is 0. The van der Waals surface area contributed by atoms with Gasteiger partial charge in [-0.2, -0.15) is 0 Å².